The molecule has 0 spiro atoms. The van der Waals surface area contributed by atoms with E-state index < -0.39 is 0 Å². The number of amides is 1. The van der Waals surface area contributed by atoms with Gasteiger partial charge in [0.2, 0.25) is 5.89 Å². The van der Waals surface area contributed by atoms with Crippen LogP contribution in [0.3, 0.4) is 0 Å². The summed E-state index contributed by atoms with van der Waals surface area (Å²) in [6.07, 6.45) is 0. The van der Waals surface area contributed by atoms with Crippen LogP contribution in [0.2, 0.25) is 0 Å². The van der Waals surface area contributed by atoms with Crippen molar-refractivity contribution in [3.8, 4) is 0 Å². The number of para-hydroxylation sites is 1. The molecule has 0 unspecified atom stereocenters. The van der Waals surface area contributed by atoms with Gasteiger partial charge in [-0.25, -0.2) is 0 Å². The molecule has 0 aliphatic rings. The third kappa shape index (κ3) is 3.55. The van der Waals surface area contributed by atoms with Gasteiger partial charge >= 0.3 is 0 Å². The maximum atomic E-state index is 11.9. The molecule has 2 rings (SSSR count). The molecule has 0 bridgehead atoms. The van der Waals surface area contributed by atoms with Gasteiger partial charge in [0.1, 0.15) is 0 Å². The molecule has 1 amide bonds. The van der Waals surface area contributed by atoms with Gasteiger partial charge in [-0.1, -0.05) is 17.3 Å². The van der Waals surface area contributed by atoms with E-state index in [4.69, 9.17) is 9.63 Å². The Morgan fingerprint density at radius 1 is 1.40 bits per heavy atom. The summed E-state index contributed by atoms with van der Waals surface area (Å²) >= 11 is 0. The van der Waals surface area contributed by atoms with Gasteiger partial charge in [-0.05, 0) is 12.1 Å². The van der Waals surface area contributed by atoms with Crippen LogP contribution in [-0.4, -0.2) is 34.3 Å². The van der Waals surface area contributed by atoms with E-state index in [0.29, 0.717) is 29.5 Å². The van der Waals surface area contributed by atoms with Gasteiger partial charge in [0.05, 0.1) is 18.7 Å². The van der Waals surface area contributed by atoms with Crippen molar-refractivity contribution in [2.45, 2.75) is 13.5 Å². The third-order valence-electron chi connectivity index (χ3n) is 2.58. The minimum absolute atomic E-state index is 0.0938. The molecule has 7 nitrogen and oxygen atoms in total. The van der Waals surface area contributed by atoms with Gasteiger partial charge in [-0.15, -0.1) is 0 Å². The van der Waals surface area contributed by atoms with E-state index in [1.807, 2.05) is 6.07 Å². The van der Waals surface area contributed by atoms with Crippen molar-refractivity contribution in [2.75, 3.05) is 18.5 Å². The molecule has 0 aliphatic heterocycles. The summed E-state index contributed by atoms with van der Waals surface area (Å²) in [6, 6.07) is 7.10. The average molecular weight is 276 g/mol. The fourth-order valence-corrected chi connectivity index (χ4v) is 1.69. The monoisotopic (exact) mass is 276 g/mol. The highest BCUT2D eigenvalue weighted by molar-refractivity contribution is 5.99. The fraction of sp³-hybridized carbons (Fsp3) is 0.308. The number of carbonyl (C=O) groups is 1. The van der Waals surface area contributed by atoms with Crippen LogP contribution in [-0.2, 0) is 6.54 Å². The molecule has 0 saturated carbocycles. The Balaban J connectivity index is 2.05. The molecule has 1 aromatic carbocycles. The molecule has 1 heterocycles. The van der Waals surface area contributed by atoms with Crippen molar-refractivity contribution in [2.24, 2.45) is 0 Å². The number of nitrogens with zero attached hydrogens (tertiary/aromatic N) is 2. The molecule has 0 fully saturated rings. The number of aryl methyl sites for hydroxylation is 1. The predicted octanol–water partition coefficient (Wildman–Crippen LogP) is 0.712. The standard InChI is InChI=1S/C13H16N4O3/c1-9-16-12(17-20-9)8-15-11-5-3-2-4-10(11)13(19)14-6-7-18/h2-5,15,18H,6-8H2,1H3,(H,14,19). The van der Waals surface area contributed by atoms with Gasteiger partial charge in [-0.3, -0.25) is 4.79 Å². The molecule has 20 heavy (non-hydrogen) atoms. The Morgan fingerprint density at radius 3 is 2.90 bits per heavy atom. The lowest BCUT2D eigenvalue weighted by Crippen LogP contribution is -2.27. The largest absolute Gasteiger partial charge is 0.395 e. The third-order valence-corrected chi connectivity index (χ3v) is 2.58. The van der Waals surface area contributed by atoms with Gasteiger partial charge in [0.15, 0.2) is 5.82 Å². The topological polar surface area (TPSA) is 100 Å². The highest BCUT2D eigenvalue weighted by Crippen LogP contribution is 2.15. The second kappa shape index (κ2) is 6.67. The van der Waals surface area contributed by atoms with Gasteiger partial charge < -0.3 is 20.3 Å². The number of hydrogen-bond acceptors (Lipinski definition) is 6. The molecular weight excluding hydrogens is 260 g/mol. The Hall–Kier alpha value is -2.41. The van der Waals surface area contributed by atoms with Crippen LogP contribution in [0, 0.1) is 6.92 Å². The smallest absolute Gasteiger partial charge is 0.253 e. The molecule has 106 valence electrons. The second-order valence-electron chi connectivity index (χ2n) is 4.11. The summed E-state index contributed by atoms with van der Waals surface area (Å²) in [4.78, 5) is 16.0. The van der Waals surface area contributed by atoms with Crippen molar-refractivity contribution < 1.29 is 14.4 Å². The summed E-state index contributed by atoms with van der Waals surface area (Å²) in [7, 11) is 0. The zero-order valence-electron chi connectivity index (χ0n) is 11.1. The number of aliphatic hydroxyl groups excluding tert-OH is 1. The molecule has 0 atom stereocenters. The summed E-state index contributed by atoms with van der Waals surface area (Å²) in [5.74, 6) is 0.773. The number of anilines is 1. The SMILES string of the molecule is Cc1nc(CNc2ccccc2C(=O)NCCO)no1. The van der Waals surface area contributed by atoms with E-state index in [1.54, 1.807) is 25.1 Å². The fourth-order valence-electron chi connectivity index (χ4n) is 1.69. The first kappa shape index (κ1) is 14.0. The van der Waals surface area contributed by atoms with Crippen molar-refractivity contribution in [3.63, 3.8) is 0 Å². The average Bonchev–Trinajstić information content (AvgIpc) is 2.88. The zero-order chi connectivity index (χ0) is 14.4. The first-order valence-electron chi connectivity index (χ1n) is 6.22. The van der Waals surface area contributed by atoms with Crippen molar-refractivity contribution in [3.05, 3.63) is 41.5 Å². The maximum Gasteiger partial charge on any atom is 0.253 e. The van der Waals surface area contributed by atoms with Gasteiger partial charge in [0, 0.05) is 19.2 Å². The Kier molecular flexibility index (Phi) is 4.67. The number of aliphatic hydroxyl groups is 1. The van der Waals surface area contributed by atoms with E-state index in [0.717, 1.165) is 0 Å². The number of nitrogens with one attached hydrogen (secondary N) is 2. The highest BCUT2D eigenvalue weighted by atomic mass is 16.5. The van der Waals surface area contributed by atoms with Crippen LogP contribution in [0.5, 0.6) is 0 Å². The lowest BCUT2D eigenvalue weighted by molar-refractivity contribution is 0.0945. The molecule has 0 saturated heterocycles. The van der Waals surface area contributed by atoms with Crippen molar-refractivity contribution in [1.29, 1.82) is 0 Å². The van der Waals surface area contributed by atoms with Crippen LogP contribution in [0.15, 0.2) is 28.8 Å². The molecule has 2 aromatic rings. The first-order chi connectivity index (χ1) is 9.70. The van der Waals surface area contributed by atoms with Crippen LogP contribution >= 0.6 is 0 Å². The maximum absolute atomic E-state index is 11.9. The van der Waals surface area contributed by atoms with Crippen LogP contribution in [0.4, 0.5) is 5.69 Å². The minimum Gasteiger partial charge on any atom is -0.395 e. The number of carbonyl (C=O) groups excluding carboxylic acids is 1. The van der Waals surface area contributed by atoms with Crippen molar-refractivity contribution >= 4 is 11.6 Å². The summed E-state index contributed by atoms with van der Waals surface area (Å²) < 4.78 is 4.88. The minimum atomic E-state index is -0.244. The summed E-state index contributed by atoms with van der Waals surface area (Å²) in [6.45, 7) is 2.20. The predicted molar refractivity (Wildman–Crippen MR) is 72.2 cm³/mol. The number of benzene rings is 1. The van der Waals surface area contributed by atoms with E-state index in [1.165, 1.54) is 0 Å². The normalized spacial score (nSPS) is 10.3. The Morgan fingerprint density at radius 2 is 2.20 bits per heavy atom. The zero-order valence-corrected chi connectivity index (χ0v) is 11.1. The number of rotatable bonds is 6. The second-order valence-corrected chi connectivity index (χ2v) is 4.11. The molecular formula is C13H16N4O3. The Bertz CT molecular complexity index is 583. The highest BCUT2D eigenvalue weighted by Gasteiger charge is 2.11. The van der Waals surface area contributed by atoms with E-state index in [2.05, 4.69) is 20.8 Å². The molecule has 7 heteroatoms. The van der Waals surface area contributed by atoms with E-state index in [9.17, 15) is 4.79 Å². The van der Waals surface area contributed by atoms with Gasteiger partial charge in [-0.2, -0.15) is 4.98 Å². The van der Waals surface area contributed by atoms with Crippen molar-refractivity contribution in [1.82, 2.24) is 15.5 Å². The molecule has 1 aromatic heterocycles. The molecule has 0 aliphatic carbocycles. The first-order valence-corrected chi connectivity index (χ1v) is 6.22. The summed E-state index contributed by atoms with van der Waals surface area (Å²) in [5, 5.41) is 18.2. The summed E-state index contributed by atoms with van der Waals surface area (Å²) in [5.41, 5.74) is 1.17. The van der Waals surface area contributed by atoms with Crippen LogP contribution in [0.25, 0.3) is 0 Å². The van der Waals surface area contributed by atoms with Gasteiger partial charge in [0.25, 0.3) is 5.91 Å². The lowest BCUT2D eigenvalue weighted by atomic mass is 10.1. The molecule has 0 radical (unpaired) electrons. The van der Waals surface area contributed by atoms with E-state index >= 15 is 0 Å². The van der Waals surface area contributed by atoms with Crippen LogP contribution in [0.1, 0.15) is 22.1 Å². The van der Waals surface area contributed by atoms with E-state index in [-0.39, 0.29) is 19.1 Å². The number of aromatic nitrogens is 2. The number of hydrogen-bond donors (Lipinski definition) is 3. The van der Waals surface area contributed by atoms with Crippen LogP contribution < -0.4 is 10.6 Å². The Labute approximate surface area is 116 Å². The quantitative estimate of drug-likeness (QED) is 0.718. The lowest BCUT2D eigenvalue weighted by Gasteiger charge is -2.10. The molecule has 3 N–H and O–H groups in total.